The van der Waals surface area contributed by atoms with Crippen molar-refractivity contribution in [3.63, 3.8) is 0 Å². The SMILES string of the molecule is Cc1oc(C(=O)O)cc1S(=O)(=O)NCCNC(=O)N(C)C. The first-order valence-electron chi connectivity index (χ1n) is 5.93. The number of sulfonamides is 1. The molecular weight excluding hydrogens is 302 g/mol. The number of furan rings is 1. The van der Waals surface area contributed by atoms with Gasteiger partial charge in [0.05, 0.1) is 0 Å². The van der Waals surface area contributed by atoms with Crippen molar-refractivity contribution >= 4 is 22.0 Å². The summed E-state index contributed by atoms with van der Waals surface area (Å²) in [6.07, 6.45) is 0. The Morgan fingerprint density at radius 2 is 1.95 bits per heavy atom. The Balaban J connectivity index is 2.66. The number of hydrogen-bond acceptors (Lipinski definition) is 5. The number of carbonyl (C=O) groups is 2. The number of rotatable bonds is 6. The minimum atomic E-state index is -3.89. The van der Waals surface area contributed by atoms with Crippen molar-refractivity contribution in [2.75, 3.05) is 27.2 Å². The standard InChI is InChI=1S/C11H17N3O6S/c1-7-9(6-8(20-7)10(15)16)21(18,19)13-5-4-12-11(17)14(2)3/h6,13H,4-5H2,1-3H3,(H,12,17)(H,15,16). The fourth-order valence-electron chi connectivity index (χ4n) is 1.43. The molecule has 118 valence electrons. The Hall–Kier alpha value is -2.07. The molecule has 21 heavy (non-hydrogen) atoms. The molecule has 1 aromatic rings. The Bertz CT molecular complexity index is 634. The Kier molecular flexibility index (Phi) is 5.33. The lowest BCUT2D eigenvalue weighted by Crippen LogP contribution is -2.39. The molecule has 0 radical (unpaired) electrons. The first-order valence-corrected chi connectivity index (χ1v) is 7.42. The fourth-order valence-corrected chi connectivity index (χ4v) is 2.64. The van der Waals surface area contributed by atoms with Crippen LogP contribution in [-0.4, -0.2) is 57.6 Å². The maximum Gasteiger partial charge on any atom is 0.371 e. The number of hydrogen-bond donors (Lipinski definition) is 3. The molecule has 0 fully saturated rings. The van der Waals surface area contributed by atoms with Crippen LogP contribution in [0.5, 0.6) is 0 Å². The summed E-state index contributed by atoms with van der Waals surface area (Å²) < 4.78 is 31.1. The molecule has 2 amide bonds. The lowest BCUT2D eigenvalue weighted by Gasteiger charge is -2.12. The molecule has 1 aromatic heterocycles. The molecule has 0 aliphatic rings. The van der Waals surface area contributed by atoms with E-state index in [-0.39, 0.29) is 29.8 Å². The number of carboxylic acid groups (broad SMARTS) is 1. The number of carboxylic acids is 1. The Labute approximate surface area is 122 Å². The molecular formula is C11H17N3O6S. The molecule has 1 heterocycles. The first-order chi connectivity index (χ1) is 9.65. The molecule has 0 aromatic carbocycles. The van der Waals surface area contributed by atoms with E-state index in [1.54, 1.807) is 14.1 Å². The maximum absolute atomic E-state index is 12.0. The van der Waals surface area contributed by atoms with Gasteiger partial charge in [0, 0.05) is 33.3 Å². The number of aromatic carboxylic acids is 1. The van der Waals surface area contributed by atoms with Crippen LogP contribution in [0.25, 0.3) is 0 Å². The van der Waals surface area contributed by atoms with Crippen molar-refractivity contribution in [3.05, 3.63) is 17.6 Å². The maximum atomic E-state index is 12.0. The first kappa shape index (κ1) is 17.0. The largest absolute Gasteiger partial charge is 0.475 e. The number of carbonyl (C=O) groups excluding carboxylic acids is 1. The number of nitrogens with one attached hydrogen (secondary N) is 2. The highest BCUT2D eigenvalue weighted by Crippen LogP contribution is 2.19. The van der Waals surface area contributed by atoms with Crippen LogP contribution < -0.4 is 10.0 Å². The molecule has 0 bridgehead atoms. The summed E-state index contributed by atoms with van der Waals surface area (Å²) >= 11 is 0. The minimum Gasteiger partial charge on any atom is -0.475 e. The van der Waals surface area contributed by atoms with Crippen LogP contribution in [0.1, 0.15) is 16.3 Å². The molecule has 0 unspecified atom stereocenters. The van der Waals surface area contributed by atoms with Crippen LogP contribution in [-0.2, 0) is 10.0 Å². The van der Waals surface area contributed by atoms with Gasteiger partial charge < -0.3 is 19.7 Å². The van der Waals surface area contributed by atoms with Crippen molar-refractivity contribution in [1.82, 2.24) is 14.9 Å². The van der Waals surface area contributed by atoms with Gasteiger partial charge in [0.15, 0.2) is 0 Å². The summed E-state index contributed by atoms with van der Waals surface area (Å²) in [6.45, 7) is 1.42. The Morgan fingerprint density at radius 1 is 1.33 bits per heavy atom. The van der Waals surface area contributed by atoms with Crippen LogP contribution in [0.2, 0.25) is 0 Å². The molecule has 0 saturated heterocycles. The van der Waals surface area contributed by atoms with E-state index >= 15 is 0 Å². The summed E-state index contributed by atoms with van der Waals surface area (Å²) in [6, 6.07) is 0.597. The van der Waals surface area contributed by atoms with Crippen molar-refractivity contribution in [1.29, 1.82) is 0 Å². The second-order valence-corrected chi connectivity index (χ2v) is 6.10. The summed E-state index contributed by atoms with van der Waals surface area (Å²) in [5.74, 6) is -1.82. The summed E-state index contributed by atoms with van der Waals surface area (Å²) in [5.41, 5.74) is 0. The second-order valence-electron chi connectivity index (χ2n) is 4.36. The monoisotopic (exact) mass is 319 g/mol. The molecule has 9 nitrogen and oxygen atoms in total. The topological polar surface area (TPSA) is 129 Å². The van der Waals surface area contributed by atoms with Crippen LogP contribution in [0, 0.1) is 6.92 Å². The average Bonchev–Trinajstić information content (AvgIpc) is 2.77. The van der Waals surface area contributed by atoms with Crippen LogP contribution in [0.15, 0.2) is 15.4 Å². The van der Waals surface area contributed by atoms with E-state index in [2.05, 4.69) is 10.0 Å². The number of aryl methyl sites for hydroxylation is 1. The molecule has 10 heteroatoms. The predicted octanol–water partition coefficient (Wildman–Crippen LogP) is -0.164. The zero-order valence-corrected chi connectivity index (χ0v) is 12.7. The van der Waals surface area contributed by atoms with Crippen molar-refractivity contribution in [2.24, 2.45) is 0 Å². The zero-order chi connectivity index (χ0) is 16.2. The van der Waals surface area contributed by atoms with Gasteiger partial charge in [0.2, 0.25) is 15.8 Å². The van der Waals surface area contributed by atoms with Gasteiger partial charge in [-0.3, -0.25) is 0 Å². The van der Waals surface area contributed by atoms with Crippen molar-refractivity contribution in [2.45, 2.75) is 11.8 Å². The van der Waals surface area contributed by atoms with E-state index in [0.717, 1.165) is 6.07 Å². The molecule has 0 spiro atoms. The van der Waals surface area contributed by atoms with E-state index in [1.807, 2.05) is 0 Å². The third-order valence-corrected chi connectivity index (χ3v) is 4.04. The molecule has 0 aliphatic carbocycles. The highest BCUT2D eigenvalue weighted by atomic mass is 32.2. The number of nitrogens with zero attached hydrogens (tertiary/aromatic N) is 1. The Morgan fingerprint density at radius 3 is 2.43 bits per heavy atom. The van der Waals surface area contributed by atoms with Crippen LogP contribution >= 0.6 is 0 Å². The summed E-state index contributed by atoms with van der Waals surface area (Å²) in [4.78, 5) is 23.0. The van der Waals surface area contributed by atoms with E-state index in [0.29, 0.717) is 0 Å². The summed E-state index contributed by atoms with van der Waals surface area (Å²) in [7, 11) is -0.779. The van der Waals surface area contributed by atoms with Crippen molar-refractivity contribution < 1.29 is 27.5 Å². The number of amides is 2. The van der Waals surface area contributed by atoms with Gasteiger partial charge in [0.25, 0.3) is 0 Å². The van der Waals surface area contributed by atoms with E-state index in [9.17, 15) is 18.0 Å². The minimum absolute atomic E-state index is 0.0165. The van der Waals surface area contributed by atoms with E-state index in [1.165, 1.54) is 11.8 Å². The molecule has 0 saturated carbocycles. The third kappa shape index (κ3) is 4.46. The van der Waals surface area contributed by atoms with Gasteiger partial charge in [-0.05, 0) is 6.92 Å². The zero-order valence-electron chi connectivity index (χ0n) is 11.8. The van der Waals surface area contributed by atoms with Gasteiger partial charge >= 0.3 is 12.0 Å². The van der Waals surface area contributed by atoms with Crippen molar-refractivity contribution in [3.8, 4) is 0 Å². The van der Waals surface area contributed by atoms with Gasteiger partial charge in [-0.15, -0.1) is 0 Å². The highest BCUT2D eigenvalue weighted by molar-refractivity contribution is 7.89. The quantitative estimate of drug-likeness (QED) is 0.625. The molecule has 1 rings (SSSR count). The smallest absolute Gasteiger partial charge is 0.371 e. The van der Waals surface area contributed by atoms with Gasteiger partial charge in [-0.1, -0.05) is 0 Å². The lowest BCUT2D eigenvalue weighted by atomic mass is 10.4. The molecule has 3 N–H and O–H groups in total. The van der Waals surface area contributed by atoms with Gasteiger partial charge in [-0.2, -0.15) is 0 Å². The highest BCUT2D eigenvalue weighted by Gasteiger charge is 2.23. The lowest BCUT2D eigenvalue weighted by molar-refractivity contribution is 0.0661. The summed E-state index contributed by atoms with van der Waals surface area (Å²) in [5, 5.41) is 11.2. The van der Waals surface area contributed by atoms with Gasteiger partial charge in [-0.25, -0.2) is 22.7 Å². The second kappa shape index (κ2) is 6.59. The van der Waals surface area contributed by atoms with Crippen LogP contribution in [0.4, 0.5) is 4.79 Å². The molecule has 0 atom stereocenters. The normalized spacial score (nSPS) is 11.2. The van der Waals surface area contributed by atoms with Crippen LogP contribution in [0.3, 0.4) is 0 Å². The molecule has 0 aliphatic heterocycles. The van der Waals surface area contributed by atoms with Gasteiger partial charge in [0.1, 0.15) is 10.7 Å². The van der Waals surface area contributed by atoms with E-state index < -0.39 is 21.8 Å². The number of urea groups is 1. The fraction of sp³-hybridized carbons (Fsp3) is 0.455. The average molecular weight is 319 g/mol. The predicted molar refractivity (Wildman–Crippen MR) is 72.7 cm³/mol. The van der Waals surface area contributed by atoms with E-state index in [4.69, 9.17) is 9.52 Å². The third-order valence-electron chi connectivity index (χ3n) is 2.47.